The normalized spacial score (nSPS) is 12.4. The SMILES string of the molecule is CSC(C)OC(=O)N(C)C. The smallest absolute Gasteiger partial charge is 0.410 e. The molecule has 0 N–H and O–H groups in total. The van der Waals surface area contributed by atoms with Gasteiger partial charge in [0.25, 0.3) is 0 Å². The van der Waals surface area contributed by atoms with Crippen molar-refractivity contribution in [1.29, 1.82) is 0 Å². The van der Waals surface area contributed by atoms with Crippen LogP contribution in [-0.2, 0) is 4.74 Å². The second-order valence-corrected chi connectivity index (χ2v) is 3.22. The van der Waals surface area contributed by atoms with Gasteiger partial charge in [0.15, 0.2) is 0 Å². The van der Waals surface area contributed by atoms with Gasteiger partial charge < -0.3 is 9.64 Å². The fourth-order valence-corrected chi connectivity index (χ4v) is 0.474. The molecule has 0 rings (SSSR count). The third-order valence-corrected chi connectivity index (χ3v) is 1.72. The minimum atomic E-state index is -0.290. The number of hydrogen-bond acceptors (Lipinski definition) is 3. The summed E-state index contributed by atoms with van der Waals surface area (Å²) in [5.41, 5.74) is -0.0603. The Morgan fingerprint density at radius 1 is 1.60 bits per heavy atom. The summed E-state index contributed by atoms with van der Waals surface area (Å²) in [6, 6.07) is 0. The van der Waals surface area contributed by atoms with Crippen LogP contribution in [0.4, 0.5) is 4.79 Å². The molecule has 0 aromatic heterocycles. The summed E-state index contributed by atoms with van der Waals surface area (Å²) < 4.78 is 4.91. The lowest BCUT2D eigenvalue weighted by molar-refractivity contribution is 0.114. The van der Waals surface area contributed by atoms with Crippen molar-refractivity contribution in [3.8, 4) is 0 Å². The van der Waals surface area contributed by atoms with Crippen LogP contribution in [0, 0.1) is 0 Å². The van der Waals surface area contributed by atoms with E-state index in [0.29, 0.717) is 0 Å². The van der Waals surface area contributed by atoms with E-state index in [-0.39, 0.29) is 11.5 Å². The van der Waals surface area contributed by atoms with E-state index in [1.165, 1.54) is 16.7 Å². The molecule has 0 aliphatic rings. The molecule has 0 radical (unpaired) electrons. The topological polar surface area (TPSA) is 29.5 Å². The maximum absolute atomic E-state index is 10.8. The highest BCUT2D eigenvalue weighted by Crippen LogP contribution is 2.07. The van der Waals surface area contributed by atoms with E-state index in [1.54, 1.807) is 14.1 Å². The first-order chi connectivity index (χ1) is 4.57. The molecule has 1 unspecified atom stereocenters. The predicted octanol–water partition coefficient (Wildman–Crippen LogP) is 1.39. The Bertz CT molecular complexity index is 116. The van der Waals surface area contributed by atoms with E-state index < -0.39 is 0 Å². The molecule has 1 amide bonds. The van der Waals surface area contributed by atoms with Crippen molar-refractivity contribution in [3.05, 3.63) is 0 Å². The molecule has 0 aliphatic carbocycles. The van der Waals surface area contributed by atoms with Gasteiger partial charge in [-0.2, -0.15) is 0 Å². The van der Waals surface area contributed by atoms with Crippen LogP contribution in [0.15, 0.2) is 0 Å². The second-order valence-electron chi connectivity index (χ2n) is 2.08. The summed E-state index contributed by atoms with van der Waals surface area (Å²) in [6.07, 6.45) is 1.61. The third-order valence-electron chi connectivity index (χ3n) is 0.964. The summed E-state index contributed by atoms with van der Waals surface area (Å²) in [5, 5.41) is 0. The zero-order chi connectivity index (χ0) is 8.15. The van der Waals surface area contributed by atoms with Crippen LogP contribution in [0.2, 0.25) is 0 Å². The second kappa shape index (κ2) is 4.44. The van der Waals surface area contributed by atoms with Crippen molar-refractivity contribution in [2.75, 3.05) is 20.4 Å². The summed E-state index contributed by atoms with van der Waals surface area (Å²) >= 11 is 1.50. The number of carbonyl (C=O) groups is 1. The van der Waals surface area contributed by atoms with E-state index in [9.17, 15) is 4.79 Å². The molecule has 60 valence electrons. The first-order valence-corrected chi connectivity index (χ1v) is 4.27. The zero-order valence-electron chi connectivity index (χ0n) is 6.75. The highest BCUT2D eigenvalue weighted by atomic mass is 32.2. The zero-order valence-corrected chi connectivity index (χ0v) is 7.57. The maximum Gasteiger partial charge on any atom is 0.410 e. The molecule has 0 fully saturated rings. The molecular formula is C6H13NO2S. The number of ether oxygens (including phenoxy) is 1. The average molecular weight is 163 g/mol. The predicted molar refractivity (Wildman–Crippen MR) is 43.1 cm³/mol. The summed E-state index contributed by atoms with van der Waals surface area (Å²) in [4.78, 5) is 12.2. The Balaban J connectivity index is 3.57. The highest BCUT2D eigenvalue weighted by molar-refractivity contribution is 7.99. The Morgan fingerprint density at radius 2 is 2.10 bits per heavy atom. The van der Waals surface area contributed by atoms with Gasteiger partial charge in [-0.1, -0.05) is 0 Å². The van der Waals surface area contributed by atoms with E-state index in [0.717, 1.165) is 0 Å². The Kier molecular flexibility index (Phi) is 4.27. The van der Waals surface area contributed by atoms with E-state index in [1.807, 2.05) is 13.2 Å². The van der Waals surface area contributed by atoms with Crippen LogP contribution in [0.25, 0.3) is 0 Å². The van der Waals surface area contributed by atoms with E-state index in [2.05, 4.69) is 0 Å². The fraction of sp³-hybridized carbons (Fsp3) is 0.833. The van der Waals surface area contributed by atoms with Gasteiger partial charge in [0, 0.05) is 14.1 Å². The molecular weight excluding hydrogens is 150 g/mol. The molecule has 0 heterocycles. The Morgan fingerprint density at radius 3 is 2.40 bits per heavy atom. The number of amides is 1. The molecule has 0 aromatic rings. The molecule has 0 saturated carbocycles. The molecule has 0 aliphatic heterocycles. The van der Waals surface area contributed by atoms with Crippen LogP contribution in [0.1, 0.15) is 6.92 Å². The van der Waals surface area contributed by atoms with Gasteiger partial charge in [0.2, 0.25) is 0 Å². The van der Waals surface area contributed by atoms with Crippen molar-refractivity contribution in [1.82, 2.24) is 4.90 Å². The van der Waals surface area contributed by atoms with Crippen molar-refractivity contribution in [2.45, 2.75) is 12.4 Å². The summed E-state index contributed by atoms with van der Waals surface area (Å²) in [7, 11) is 3.32. The minimum Gasteiger partial charge on any atom is -0.435 e. The van der Waals surface area contributed by atoms with Gasteiger partial charge in [-0.15, -0.1) is 11.8 Å². The van der Waals surface area contributed by atoms with Crippen LogP contribution >= 0.6 is 11.8 Å². The molecule has 0 spiro atoms. The van der Waals surface area contributed by atoms with Crippen LogP contribution < -0.4 is 0 Å². The van der Waals surface area contributed by atoms with Gasteiger partial charge in [-0.05, 0) is 13.2 Å². The van der Waals surface area contributed by atoms with Crippen LogP contribution in [0.5, 0.6) is 0 Å². The van der Waals surface area contributed by atoms with Gasteiger partial charge >= 0.3 is 6.09 Å². The Labute approximate surface area is 65.7 Å². The van der Waals surface area contributed by atoms with Crippen LogP contribution in [0.3, 0.4) is 0 Å². The van der Waals surface area contributed by atoms with Gasteiger partial charge in [-0.3, -0.25) is 0 Å². The van der Waals surface area contributed by atoms with Gasteiger partial charge in [-0.25, -0.2) is 4.79 Å². The number of hydrogen-bond donors (Lipinski definition) is 0. The number of rotatable bonds is 2. The maximum atomic E-state index is 10.8. The van der Waals surface area contributed by atoms with E-state index in [4.69, 9.17) is 4.74 Å². The standard InChI is InChI=1S/C6H13NO2S/c1-5(10-4)9-6(8)7(2)3/h5H,1-4H3. The van der Waals surface area contributed by atoms with Gasteiger partial charge in [0.1, 0.15) is 5.44 Å². The molecule has 0 bridgehead atoms. The number of nitrogens with zero attached hydrogens (tertiary/aromatic N) is 1. The third kappa shape index (κ3) is 3.61. The lowest BCUT2D eigenvalue weighted by Gasteiger charge is -2.14. The van der Waals surface area contributed by atoms with Gasteiger partial charge in [0.05, 0.1) is 0 Å². The quantitative estimate of drug-likeness (QED) is 0.576. The summed E-state index contributed by atoms with van der Waals surface area (Å²) in [5.74, 6) is 0. The lowest BCUT2D eigenvalue weighted by Crippen LogP contribution is -2.25. The average Bonchev–Trinajstić information content (AvgIpc) is 1.87. The van der Waals surface area contributed by atoms with Crippen molar-refractivity contribution < 1.29 is 9.53 Å². The molecule has 1 atom stereocenters. The minimum absolute atomic E-state index is 0.0603. The summed E-state index contributed by atoms with van der Waals surface area (Å²) in [6.45, 7) is 1.84. The monoisotopic (exact) mass is 163 g/mol. The first-order valence-electron chi connectivity index (χ1n) is 2.98. The van der Waals surface area contributed by atoms with Crippen molar-refractivity contribution >= 4 is 17.9 Å². The molecule has 10 heavy (non-hydrogen) atoms. The molecule has 0 saturated heterocycles. The molecule has 0 aromatic carbocycles. The van der Waals surface area contributed by atoms with Crippen LogP contribution in [-0.4, -0.2) is 36.8 Å². The van der Waals surface area contributed by atoms with E-state index >= 15 is 0 Å². The van der Waals surface area contributed by atoms with Crippen molar-refractivity contribution in [2.24, 2.45) is 0 Å². The highest BCUT2D eigenvalue weighted by Gasteiger charge is 2.08. The molecule has 4 heteroatoms. The number of thioether (sulfide) groups is 1. The first kappa shape index (κ1) is 9.62. The molecule has 3 nitrogen and oxygen atoms in total. The lowest BCUT2D eigenvalue weighted by atomic mass is 10.8. The number of carbonyl (C=O) groups excluding carboxylic acids is 1. The largest absolute Gasteiger partial charge is 0.435 e. The van der Waals surface area contributed by atoms with Crippen molar-refractivity contribution in [3.63, 3.8) is 0 Å². The Hall–Kier alpha value is -0.380. The fourth-order valence-electron chi connectivity index (χ4n) is 0.295.